The van der Waals surface area contributed by atoms with E-state index in [1.54, 1.807) is 13.0 Å². The molecule has 0 aliphatic rings. The van der Waals surface area contributed by atoms with E-state index in [0.717, 1.165) is 5.56 Å². The molecule has 5 nitrogen and oxygen atoms in total. The van der Waals surface area contributed by atoms with Crippen LogP contribution in [0.5, 0.6) is 5.75 Å². The highest BCUT2D eigenvalue weighted by molar-refractivity contribution is 5.78. The molecule has 1 rings (SSSR count). The molecule has 0 aliphatic heterocycles. The van der Waals surface area contributed by atoms with Crippen LogP contribution in [-0.2, 0) is 4.79 Å². The third kappa shape index (κ3) is 4.01. The number of benzene rings is 1. The number of hydrogen-bond donors (Lipinski definition) is 3. The average molecular weight is 253 g/mol. The lowest BCUT2D eigenvalue weighted by Crippen LogP contribution is -2.53. The highest BCUT2D eigenvalue weighted by Crippen LogP contribution is 2.15. The van der Waals surface area contributed by atoms with Crippen LogP contribution >= 0.6 is 0 Å². The van der Waals surface area contributed by atoms with E-state index >= 15 is 0 Å². The summed E-state index contributed by atoms with van der Waals surface area (Å²) < 4.78 is 5.36. The van der Waals surface area contributed by atoms with Gasteiger partial charge in [-0.15, -0.1) is 0 Å². The molecule has 3 N–H and O–H groups in total. The van der Waals surface area contributed by atoms with Gasteiger partial charge in [-0.05, 0) is 25.5 Å². The lowest BCUT2D eigenvalue weighted by atomic mass is 10.1. The van der Waals surface area contributed by atoms with E-state index in [1.807, 2.05) is 25.1 Å². The molecular formula is C13H19NO4. The zero-order valence-electron chi connectivity index (χ0n) is 10.6. The van der Waals surface area contributed by atoms with Crippen LogP contribution in [0, 0.1) is 6.92 Å². The van der Waals surface area contributed by atoms with Crippen LogP contribution in [0.15, 0.2) is 24.3 Å². The Bertz CT molecular complexity index is 402. The molecule has 0 atom stereocenters. The van der Waals surface area contributed by atoms with Crippen LogP contribution in [0.1, 0.15) is 12.5 Å². The second-order valence-electron chi connectivity index (χ2n) is 4.48. The molecule has 0 bridgehead atoms. The molecular weight excluding hydrogens is 234 g/mol. The van der Waals surface area contributed by atoms with Crippen molar-refractivity contribution in [1.29, 1.82) is 0 Å². The van der Waals surface area contributed by atoms with Gasteiger partial charge < -0.3 is 20.3 Å². The van der Waals surface area contributed by atoms with Crippen molar-refractivity contribution in [3.63, 3.8) is 0 Å². The Hall–Kier alpha value is -1.59. The maximum Gasteiger partial charge on any atom is 0.258 e. The van der Waals surface area contributed by atoms with Crippen LogP contribution in [0.3, 0.4) is 0 Å². The largest absolute Gasteiger partial charge is 0.484 e. The number of ether oxygens (including phenoxy) is 1. The van der Waals surface area contributed by atoms with Crippen molar-refractivity contribution in [2.45, 2.75) is 19.4 Å². The minimum atomic E-state index is -1.02. The maximum atomic E-state index is 11.6. The number of aliphatic hydroxyl groups excluding tert-OH is 2. The van der Waals surface area contributed by atoms with Gasteiger partial charge in [-0.1, -0.05) is 18.2 Å². The van der Waals surface area contributed by atoms with Crippen molar-refractivity contribution >= 4 is 5.91 Å². The van der Waals surface area contributed by atoms with Gasteiger partial charge in [0.05, 0.1) is 18.8 Å². The molecule has 0 saturated carbocycles. The maximum absolute atomic E-state index is 11.6. The first-order valence-corrected chi connectivity index (χ1v) is 5.72. The van der Waals surface area contributed by atoms with Crippen molar-refractivity contribution in [3.05, 3.63) is 29.8 Å². The standard InChI is InChI=1S/C13H19NO4/c1-10-5-3-4-6-11(10)18-7-12(17)14-13(2,8-15)9-16/h3-6,15-16H,7-9H2,1-2H3,(H,14,17). The highest BCUT2D eigenvalue weighted by atomic mass is 16.5. The molecule has 1 aromatic carbocycles. The number of aryl methyl sites for hydroxylation is 1. The van der Waals surface area contributed by atoms with Crippen molar-refractivity contribution < 1.29 is 19.7 Å². The summed E-state index contributed by atoms with van der Waals surface area (Å²) in [6.07, 6.45) is 0. The minimum absolute atomic E-state index is 0.152. The molecule has 1 amide bonds. The number of carbonyl (C=O) groups is 1. The number of amides is 1. The zero-order chi connectivity index (χ0) is 13.6. The Labute approximate surface area is 106 Å². The molecule has 0 aromatic heterocycles. The second kappa shape index (κ2) is 6.37. The number of rotatable bonds is 6. The Morgan fingerprint density at radius 2 is 1.94 bits per heavy atom. The van der Waals surface area contributed by atoms with Gasteiger partial charge in [0.25, 0.3) is 5.91 Å². The number of nitrogens with one attached hydrogen (secondary N) is 1. The molecule has 1 aromatic rings. The molecule has 100 valence electrons. The zero-order valence-corrected chi connectivity index (χ0v) is 10.6. The van der Waals surface area contributed by atoms with E-state index < -0.39 is 5.54 Å². The molecule has 0 unspecified atom stereocenters. The van der Waals surface area contributed by atoms with Gasteiger partial charge in [0.2, 0.25) is 0 Å². The fourth-order valence-electron chi connectivity index (χ4n) is 1.36. The van der Waals surface area contributed by atoms with Crippen LogP contribution in [0.25, 0.3) is 0 Å². The molecule has 0 saturated heterocycles. The normalized spacial score (nSPS) is 11.1. The first-order valence-electron chi connectivity index (χ1n) is 5.72. The lowest BCUT2D eigenvalue weighted by molar-refractivity contribution is -0.126. The Morgan fingerprint density at radius 3 is 2.50 bits per heavy atom. The van der Waals surface area contributed by atoms with Crippen LogP contribution in [0.2, 0.25) is 0 Å². The molecule has 18 heavy (non-hydrogen) atoms. The predicted octanol–water partition coefficient (Wildman–Crippen LogP) is 0.233. The smallest absolute Gasteiger partial charge is 0.258 e. The average Bonchev–Trinajstić information content (AvgIpc) is 2.37. The van der Waals surface area contributed by atoms with E-state index in [4.69, 9.17) is 14.9 Å². The number of carbonyl (C=O) groups excluding carboxylic acids is 1. The van der Waals surface area contributed by atoms with E-state index in [-0.39, 0.29) is 25.7 Å². The van der Waals surface area contributed by atoms with Gasteiger partial charge in [0.1, 0.15) is 5.75 Å². The first-order chi connectivity index (χ1) is 8.50. The molecule has 5 heteroatoms. The number of aliphatic hydroxyl groups is 2. The van der Waals surface area contributed by atoms with Gasteiger partial charge in [-0.2, -0.15) is 0 Å². The Balaban J connectivity index is 2.50. The van der Waals surface area contributed by atoms with Crippen molar-refractivity contribution in [2.75, 3.05) is 19.8 Å². The summed E-state index contributed by atoms with van der Waals surface area (Å²) in [6, 6.07) is 7.38. The van der Waals surface area contributed by atoms with Crippen molar-refractivity contribution in [1.82, 2.24) is 5.32 Å². The van der Waals surface area contributed by atoms with Gasteiger partial charge in [0, 0.05) is 0 Å². The fraction of sp³-hybridized carbons (Fsp3) is 0.462. The van der Waals surface area contributed by atoms with Gasteiger partial charge in [-0.25, -0.2) is 0 Å². The summed E-state index contributed by atoms with van der Waals surface area (Å²) >= 11 is 0. The predicted molar refractivity (Wildman–Crippen MR) is 67.4 cm³/mol. The monoisotopic (exact) mass is 253 g/mol. The van der Waals surface area contributed by atoms with Crippen molar-refractivity contribution in [2.24, 2.45) is 0 Å². The van der Waals surface area contributed by atoms with Gasteiger partial charge >= 0.3 is 0 Å². The molecule has 0 fully saturated rings. The second-order valence-corrected chi connectivity index (χ2v) is 4.48. The summed E-state index contributed by atoms with van der Waals surface area (Å²) in [4.78, 5) is 11.6. The van der Waals surface area contributed by atoms with E-state index in [2.05, 4.69) is 5.32 Å². The Morgan fingerprint density at radius 1 is 1.33 bits per heavy atom. The quantitative estimate of drug-likeness (QED) is 0.678. The number of para-hydroxylation sites is 1. The van der Waals surface area contributed by atoms with E-state index in [9.17, 15) is 4.79 Å². The molecule has 0 aliphatic carbocycles. The highest BCUT2D eigenvalue weighted by Gasteiger charge is 2.24. The summed E-state index contributed by atoms with van der Waals surface area (Å²) in [5.41, 5.74) is -0.0796. The summed E-state index contributed by atoms with van der Waals surface area (Å²) in [7, 11) is 0. The Kier molecular flexibility index (Phi) is 5.12. The van der Waals surface area contributed by atoms with Crippen LogP contribution in [0.4, 0.5) is 0 Å². The minimum Gasteiger partial charge on any atom is -0.484 e. The third-order valence-corrected chi connectivity index (χ3v) is 2.59. The molecule has 0 spiro atoms. The van der Waals surface area contributed by atoms with E-state index in [0.29, 0.717) is 5.75 Å². The third-order valence-electron chi connectivity index (χ3n) is 2.59. The van der Waals surface area contributed by atoms with Crippen molar-refractivity contribution in [3.8, 4) is 5.75 Å². The molecule has 0 radical (unpaired) electrons. The number of hydrogen-bond acceptors (Lipinski definition) is 4. The summed E-state index contributed by atoms with van der Waals surface area (Å²) in [5, 5.41) is 20.6. The van der Waals surface area contributed by atoms with E-state index in [1.165, 1.54) is 0 Å². The van der Waals surface area contributed by atoms with Gasteiger partial charge in [-0.3, -0.25) is 4.79 Å². The van der Waals surface area contributed by atoms with Gasteiger partial charge in [0.15, 0.2) is 6.61 Å². The van der Waals surface area contributed by atoms with Crippen LogP contribution < -0.4 is 10.1 Å². The van der Waals surface area contributed by atoms with Crippen LogP contribution in [-0.4, -0.2) is 41.5 Å². The molecule has 0 heterocycles. The topological polar surface area (TPSA) is 78.8 Å². The SMILES string of the molecule is Cc1ccccc1OCC(=O)NC(C)(CO)CO. The summed E-state index contributed by atoms with van der Waals surface area (Å²) in [6.45, 7) is 2.62. The summed E-state index contributed by atoms with van der Waals surface area (Å²) in [5.74, 6) is 0.256. The fourth-order valence-corrected chi connectivity index (χ4v) is 1.36. The lowest BCUT2D eigenvalue weighted by Gasteiger charge is -2.26. The first kappa shape index (κ1) is 14.5.